The van der Waals surface area contributed by atoms with E-state index in [9.17, 15) is 4.79 Å². The molecule has 1 amide bonds. The number of hydrogen-bond donors (Lipinski definition) is 1. The summed E-state index contributed by atoms with van der Waals surface area (Å²) in [5.74, 6) is 0.439. The highest BCUT2D eigenvalue weighted by molar-refractivity contribution is 7.20. The smallest absolute Gasteiger partial charge is 0.263 e. The summed E-state index contributed by atoms with van der Waals surface area (Å²) in [4.78, 5) is 16.0. The van der Waals surface area contributed by atoms with Gasteiger partial charge in [0, 0.05) is 32.6 Å². The molecule has 0 aromatic carbocycles. The number of rotatable bonds is 5. The molecule has 7 heteroatoms. The highest BCUT2D eigenvalue weighted by Gasteiger charge is 2.20. The Morgan fingerprint density at radius 3 is 2.76 bits per heavy atom. The van der Waals surface area contributed by atoms with Crippen molar-refractivity contribution in [2.24, 2.45) is 7.05 Å². The third kappa shape index (κ3) is 3.56. The first kappa shape index (κ1) is 17.9. The molecule has 0 radical (unpaired) electrons. The van der Waals surface area contributed by atoms with Gasteiger partial charge in [-0.1, -0.05) is 13.8 Å². The van der Waals surface area contributed by atoms with E-state index in [0.29, 0.717) is 12.5 Å². The van der Waals surface area contributed by atoms with Crippen molar-refractivity contribution in [3.05, 3.63) is 16.6 Å². The van der Waals surface area contributed by atoms with Crippen molar-refractivity contribution < 1.29 is 4.79 Å². The molecule has 21 heavy (non-hydrogen) atoms. The average Bonchev–Trinajstić information content (AvgIpc) is 2.96. The minimum atomic E-state index is 0. The molecular weight excluding hydrogens is 308 g/mol. The van der Waals surface area contributed by atoms with Gasteiger partial charge >= 0.3 is 0 Å². The summed E-state index contributed by atoms with van der Waals surface area (Å²) in [7, 11) is 5.66. The number of amides is 1. The average molecular weight is 331 g/mol. The zero-order valence-corrected chi connectivity index (χ0v) is 14.8. The number of hydrogen-bond acceptors (Lipinski definition) is 4. The molecule has 5 nitrogen and oxygen atoms in total. The van der Waals surface area contributed by atoms with Crippen LogP contribution in [-0.2, 0) is 7.05 Å². The van der Waals surface area contributed by atoms with Gasteiger partial charge in [0.2, 0.25) is 0 Å². The van der Waals surface area contributed by atoms with E-state index in [1.165, 1.54) is 11.3 Å². The number of thiophene rings is 1. The molecule has 2 aromatic rings. The van der Waals surface area contributed by atoms with Gasteiger partial charge in [-0.3, -0.25) is 9.48 Å². The number of nitrogens with zero attached hydrogens (tertiary/aromatic N) is 3. The number of aryl methyl sites for hydroxylation is 1. The van der Waals surface area contributed by atoms with E-state index in [1.807, 2.05) is 31.9 Å². The van der Waals surface area contributed by atoms with Gasteiger partial charge in [0.05, 0.1) is 10.6 Å². The van der Waals surface area contributed by atoms with Crippen LogP contribution in [0.1, 0.15) is 35.1 Å². The Labute approximate surface area is 135 Å². The van der Waals surface area contributed by atoms with Crippen molar-refractivity contribution >= 4 is 39.9 Å². The summed E-state index contributed by atoms with van der Waals surface area (Å²) < 4.78 is 1.87. The Balaban J connectivity index is 0.00000220. The minimum Gasteiger partial charge on any atom is -0.340 e. The maximum atomic E-state index is 12.4. The summed E-state index contributed by atoms with van der Waals surface area (Å²) in [6.45, 7) is 5.75. The lowest BCUT2D eigenvalue weighted by Gasteiger charge is -2.15. The second kappa shape index (κ2) is 7.24. The zero-order chi connectivity index (χ0) is 14.9. The van der Waals surface area contributed by atoms with Gasteiger partial charge in [0.15, 0.2) is 0 Å². The van der Waals surface area contributed by atoms with E-state index in [0.717, 1.165) is 27.3 Å². The molecule has 118 valence electrons. The van der Waals surface area contributed by atoms with Crippen LogP contribution >= 0.6 is 23.7 Å². The number of halogens is 1. The molecular formula is C14H23ClN4OS. The van der Waals surface area contributed by atoms with E-state index >= 15 is 0 Å². The van der Waals surface area contributed by atoms with E-state index in [2.05, 4.69) is 24.3 Å². The molecule has 2 rings (SSSR count). The van der Waals surface area contributed by atoms with Crippen LogP contribution in [0.3, 0.4) is 0 Å². The number of nitrogens with one attached hydrogen (secondary N) is 1. The minimum absolute atomic E-state index is 0. The maximum Gasteiger partial charge on any atom is 0.263 e. The third-order valence-corrected chi connectivity index (χ3v) is 4.53. The lowest BCUT2D eigenvalue weighted by molar-refractivity contribution is 0.0801. The Morgan fingerprint density at radius 2 is 2.19 bits per heavy atom. The Hall–Kier alpha value is -1.11. The summed E-state index contributed by atoms with van der Waals surface area (Å²) in [5, 5.41) is 8.70. The predicted octanol–water partition coefficient (Wildman–Crippen LogP) is 2.47. The second-order valence-electron chi connectivity index (χ2n) is 5.32. The van der Waals surface area contributed by atoms with Crippen LogP contribution in [0.2, 0.25) is 0 Å². The number of fused-ring (bicyclic) bond motifs is 1. The monoisotopic (exact) mass is 330 g/mol. The molecule has 0 atom stereocenters. The van der Waals surface area contributed by atoms with Gasteiger partial charge in [0.1, 0.15) is 4.83 Å². The number of carbonyl (C=O) groups excluding carboxylic acids is 1. The Morgan fingerprint density at radius 1 is 1.52 bits per heavy atom. The fraction of sp³-hybridized carbons (Fsp3) is 0.571. The molecule has 0 aliphatic rings. The van der Waals surface area contributed by atoms with Gasteiger partial charge < -0.3 is 10.2 Å². The van der Waals surface area contributed by atoms with E-state index in [-0.39, 0.29) is 18.3 Å². The van der Waals surface area contributed by atoms with Crippen LogP contribution in [0, 0.1) is 0 Å². The van der Waals surface area contributed by atoms with E-state index < -0.39 is 0 Å². The summed E-state index contributed by atoms with van der Waals surface area (Å²) in [5.41, 5.74) is 1.07. The number of carbonyl (C=O) groups is 1. The van der Waals surface area contributed by atoms with Crippen LogP contribution in [0.5, 0.6) is 0 Å². The Bertz CT molecular complexity index is 620. The van der Waals surface area contributed by atoms with Gasteiger partial charge in [-0.15, -0.1) is 23.7 Å². The van der Waals surface area contributed by atoms with Crippen LogP contribution in [-0.4, -0.2) is 47.8 Å². The second-order valence-corrected chi connectivity index (χ2v) is 6.35. The predicted molar refractivity (Wildman–Crippen MR) is 90.8 cm³/mol. The normalized spacial score (nSPS) is 11.0. The summed E-state index contributed by atoms with van der Waals surface area (Å²) >= 11 is 1.52. The SMILES string of the molecule is CNCCN(C)C(=O)c1cc2c(C(C)C)nn(C)c2s1.Cl. The van der Waals surface area contributed by atoms with Crippen LogP contribution in [0.25, 0.3) is 10.2 Å². The lowest BCUT2D eigenvalue weighted by atomic mass is 10.1. The first-order chi connectivity index (χ1) is 9.45. The van der Waals surface area contributed by atoms with Gasteiger partial charge in [0.25, 0.3) is 5.91 Å². The molecule has 2 heterocycles. The van der Waals surface area contributed by atoms with E-state index in [1.54, 1.807) is 4.90 Å². The zero-order valence-electron chi connectivity index (χ0n) is 13.1. The topological polar surface area (TPSA) is 50.2 Å². The first-order valence-electron chi connectivity index (χ1n) is 6.82. The van der Waals surface area contributed by atoms with Crippen molar-refractivity contribution in [3.63, 3.8) is 0 Å². The highest BCUT2D eigenvalue weighted by atomic mass is 35.5. The lowest BCUT2D eigenvalue weighted by Crippen LogP contribution is -2.32. The quantitative estimate of drug-likeness (QED) is 0.916. The maximum absolute atomic E-state index is 12.4. The number of likely N-dealkylation sites (N-methyl/N-ethyl adjacent to an activating group) is 2. The number of aromatic nitrogens is 2. The molecule has 0 spiro atoms. The molecule has 0 aliphatic carbocycles. The fourth-order valence-electron chi connectivity index (χ4n) is 2.17. The molecule has 0 saturated heterocycles. The van der Waals surface area contributed by atoms with Gasteiger partial charge in [-0.2, -0.15) is 5.10 Å². The highest BCUT2D eigenvalue weighted by Crippen LogP contribution is 2.31. The Kier molecular flexibility index (Phi) is 6.19. The molecule has 2 aromatic heterocycles. The molecule has 0 unspecified atom stereocenters. The molecule has 1 N–H and O–H groups in total. The van der Waals surface area contributed by atoms with Crippen LogP contribution < -0.4 is 5.32 Å². The van der Waals surface area contributed by atoms with Crippen molar-refractivity contribution in [2.75, 3.05) is 27.2 Å². The van der Waals surface area contributed by atoms with Crippen LogP contribution in [0.15, 0.2) is 6.07 Å². The molecule has 0 aliphatic heterocycles. The van der Waals surface area contributed by atoms with Gasteiger partial charge in [-0.25, -0.2) is 0 Å². The van der Waals surface area contributed by atoms with Crippen molar-refractivity contribution in [2.45, 2.75) is 19.8 Å². The van der Waals surface area contributed by atoms with Crippen molar-refractivity contribution in [1.29, 1.82) is 0 Å². The standard InChI is InChI=1S/C14H22N4OS.ClH/c1-9(2)12-10-8-11(20-14(10)18(5)16-12)13(19)17(4)7-6-15-3;/h8-9,15H,6-7H2,1-5H3;1H. The van der Waals surface area contributed by atoms with Gasteiger partial charge in [-0.05, 0) is 19.0 Å². The molecule has 0 saturated carbocycles. The fourth-order valence-corrected chi connectivity index (χ4v) is 3.24. The summed E-state index contributed by atoms with van der Waals surface area (Å²) in [6.07, 6.45) is 0. The molecule has 0 fully saturated rings. The van der Waals surface area contributed by atoms with Crippen molar-refractivity contribution in [3.8, 4) is 0 Å². The van der Waals surface area contributed by atoms with E-state index in [4.69, 9.17) is 0 Å². The largest absolute Gasteiger partial charge is 0.340 e. The van der Waals surface area contributed by atoms with Crippen LogP contribution in [0.4, 0.5) is 0 Å². The molecule has 0 bridgehead atoms. The summed E-state index contributed by atoms with van der Waals surface area (Å²) in [6, 6.07) is 1.99. The van der Waals surface area contributed by atoms with Crippen molar-refractivity contribution in [1.82, 2.24) is 20.0 Å². The first-order valence-corrected chi connectivity index (χ1v) is 7.63. The third-order valence-electron chi connectivity index (χ3n) is 3.34.